The molecular weight excluding hydrogens is 234 g/mol. The second kappa shape index (κ2) is 9.77. The largest absolute Gasteiger partial charge is 0.374 e. The summed E-state index contributed by atoms with van der Waals surface area (Å²) in [6, 6.07) is 0.230. The van der Waals surface area contributed by atoms with Crippen molar-refractivity contribution in [2.75, 3.05) is 6.61 Å². The molecule has 1 saturated heterocycles. The fourth-order valence-corrected chi connectivity index (χ4v) is 3.05. The third-order valence-corrected chi connectivity index (χ3v) is 4.65. The smallest absolute Gasteiger partial charge is 0.0804 e. The van der Waals surface area contributed by atoms with Crippen molar-refractivity contribution in [3.8, 4) is 0 Å². The highest BCUT2D eigenvalue weighted by Gasteiger charge is 2.33. The first-order chi connectivity index (χ1) is 9.19. The van der Waals surface area contributed by atoms with E-state index in [0.29, 0.717) is 0 Å². The van der Waals surface area contributed by atoms with Gasteiger partial charge in [-0.3, -0.25) is 0 Å². The first kappa shape index (κ1) is 17.0. The van der Waals surface area contributed by atoms with Crippen LogP contribution in [-0.4, -0.2) is 18.2 Å². The van der Waals surface area contributed by atoms with Crippen LogP contribution in [-0.2, 0) is 4.74 Å². The van der Waals surface area contributed by atoms with Gasteiger partial charge in [-0.1, -0.05) is 58.3 Å². The first-order valence-corrected chi connectivity index (χ1v) is 8.58. The molecule has 0 aliphatic carbocycles. The lowest BCUT2D eigenvalue weighted by molar-refractivity contribution is -0.0826. The van der Waals surface area contributed by atoms with Crippen molar-refractivity contribution in [1.29, 1.82) is 0 Å². The van der Waals surface area contributed by atoms with Gasteiger partial charge in [-0.15, -0.1) is 0 Å². The molecule has 0 aromatic carbocycles. The Morgan fingerprint density at radius 3 is 2.21 bits per heavy atom. The minimum atomic E-state index is -0.0423. The molecule has 1 aliphatic heterocycles. The summed E-state index contributed by atoms with van der Waals surface area (Å²) >= 11 is 0. The van der Waals surface area contributed by atoms with Gasteiger partial charge in [0.25, 0.3) is 0 Å². The van der Waals surface area contributed by atoms with Crippen molar-refractivity contribution in [2.24, 2.45) is 5.73 Å². The molecule has 0 aromatic heterocycles. The molecule has 0 amide bonds. The number of nitrogens with two attached hydrogens (primary N) is 1. The number of hydrogen-bond acceptors (Lipinski definition) is 2. The van der Waals surface area contributed by atoms with E-state index in [2.05, 4.69) is 13.8 Å². The van der Waals surface area contributed by atoms with E-state index in [1.54, 1.807) is 0 Å². The van der Waals surface area contributed by atoms with Gasteiger partial charge in [0.1, 0.15) is 0 Å². The molecule has 1 rings (SSSR count). The van der Waals surface area contributed by atoms with E-state index >= 15 is 0 Å². The fourth-order valence-electron chi connectivity index (χ4n) is 3.05. The lowest BCUT2D eigenvalue weighted by Gasteiger charge is -2.38. The second-order valence-electron chi connectivity index (χ2n) is 6.49. The first-order valence-electron chi connectivity index (χ1n) is 8.58. The third-order valence-electron chi connectivity index (χ3n) is 4.65. The monoisotopic (exact) mass is 269 g/mol. The van der Waals surface area contributed by atoms with E-state index in [9.17, 15) is 0 Å². The zero-order chi connectivity index (χ0) is 14.0. The van der Waals surface area contributed by atoms with Crippen molar-refractivity contribution < 1.29 is 4.74 Å². The Morgan fingerprint density at radius 1 is 1.00 bits per heavy atom. The predicted molar refractivity (Wildman–Crippen MR) is 83.4 cm³/mol. The van der Waals surface area contributed by atoms with Crippen molar-refractivity contribution >= 4 is 0 Å². The highest BCUT2D eigenvalue weighted by Crippen LogP contribution is 2.29. The lowest BCUT2D eigenvalue weighted by Crippen LogP contribution is -2.49. The molecule has 0 spiro atoms. The van der Waals surface area contributed by atoms with E-state index in [1.807, 2.05) is 0 Å². The number of ether oxygens (including phenoxy) is 1. The average Bonchev–Trinajstić information content (AvgIpc) is 2.42. The average molecular weight is 269 g/mol. The summed E-state index contributed by atoms with van der Waals surface area (Å²) < 4.78 is 5.92. The molecule has 2 heteroatoms. The van der Waals surface area contributed by atoms with E-state index in [1.165, 1.54) is 64.2 Å². The Kier molecular flexibility index (Phi) is 8.72. The molecule has 0 radical (unpaired) electrons. The molecule has 1 heterocycles. The van der Waals surface area contributed by atoms with Gasteiger partial charge in [-0.2, -0.15) is 0 Å². The summed E-state index contributed by atoms with van der Waals surface area (Å²) in [5.74, 6) is 0. The highest BCUT2D eigenvalue weighted by molar-refractivity contribution is 4.89. The molecular formula is C17H35NO. The van der Waals surface area contributed by atoms with Gasteiger partial charge in [0.2, 0.25) is 0 Å². The molecule has 2 nitrogen and oxygen atoms in total. The molecule has 19 heavy (non-hydrogen) atoms. The van der Waals surface area contributed by atoms with Crippen LogP contribution in [0.15, 0.2) is 0 Å². The Bertz CT molecular complexity index is 211. The maximum Gasteiger partial charge on any atom is 0.0804 e. The van der Waals surface area contributed by atoms with E-state index in [-0.39, 0.29) is 11.6 Å². The van der Waals surface area contributed by atoms with Crippen LogP contribution in [0.25, 0.3) is 0 Å². The minimum Gasteiger partial charge on any atom is -0.374 e. The van der Waals surface area contributed by atoms with E-state index in [0.717, 1.165) is 19.4 Å². The summed E-state index contributed by atoms with van der Waals surface area (Å²) in [7, 11) is 0. The van der Waals surface area contributed by atoms with Crippen LogP contribution < -0.4 is 5.73 Å². The van der Waals surface area contributed by atoms with Crippen LogP contribution in [0.2, 0.25) is 0 Å². The Morgan fingerprint density at radius 2 is 1.63 bits per heavy atom. The summed E-state index contributed by atoms with van der Waals surface area (Å²) in [6.07, 6.45) is 15.7. The van der Waals surface area contributed by atoms with Gasteiger partial charge in [0.15, 0.2) is 0 Å². The van der Waals surface area contributed by atoms with Gasteiger partial charge in [-0.25, -0.2) is 0 Å². The molecule has 0 bridgehead atoms. The molecule has 0 saturated carbocycles. The molecule has 1 fully saturated rings. The standard InChI is InChI=1S/C17H35NO/c1-3-4-5-6-7-8-9-10-13-16(18)17(2)14-11-12-15-19-17/h16H,3-15,18H2,1-2H3. The van der Waals surface area contributed by atoms with Crippen LogP contribution in [0.1, 0.15) is 90.9 Å². The SMILES string of the molecule is CCCCCCCCCCC(N)C1(C)CCCCO1. The van der Waals surface area contributed by atoms with E-state index in [4.69, 9.17) is 10.5 Å². The summed E-state index contributed by atoms with van der Waals surface area (Å²) in [5.41, 5.74) is 6.30. The lowest BCUT2D eigenvalue weighted by atomic mass is 9.86. The van der Waals surface area contributed by atoms with Gasteiger partial charge >= 0.3 is 0 Å². The van der Waals surface area contributed by atoms with Gasteiger partial charge in [-0.05, 0) is 32.6 Å². The van der Waals surface area contributed by atoms with Crippen LogP contribution in [0.5, 0.6) is 0 Å². The normalized spacial score (nSPS) is 25.4. The Hall–Kier alpha value is -0.0800. The van der Waals surface area contributed by atoms with Crippen molar-refractivity contribution in [2.45, 2.75) is 103 Å². The quantitative estimate of drug-likeness (QED) is 0.578. The van der Waals surface area contributed by atoms with Crippen LogP contribution in [0.3, 0.4) is 0 Å². The zero-order valence-electron chi connectivity index (χ0n) is 13.3. The molecule has 114 valence electrons. The predicted octanol–water partition coefficient (Wildman–Crippen LogP) is 4.80. The molecule has 1 aliphatic rings. The number of hydrogen-bond donors (Lipinski definition) is 1. The van der Waals surface area contributed by atoms with Crippen LogP contribution in [0.4, 0.5) is 0 Å². The van der Waals surface area contributed by atoms with Gasteiger partial charge < -0.3 is 10.5 Å². The van der Waals surface area contributed by atoms with Crippen LogP contribution in [0, 0.1) is 0 Å². The van der Waals surface area contributed by atoms with Crippen LogP contribution >= 0.6 is 0 Å². The van der Waals surface area contributed by atoms with Crippen molar-refractivity contribution in [3.05, 3.63) is 0 Å². The van der Waals surface area contributed by atoms with E-state index < -0.39 is 0 Å². The molecule has 2 atom stereocenters. The van der Waals surface area contributed by atoms with Gasteiger partial charge in [0, 0.05) is 12.6 Å². The molecule has 0 aromatic rings. The van der Waals surface area contributed by atoms with Gasteiger partial charge in [0.05, 0.1) is 5.60 Å². The highest BCUT2D eigenvalue weighted by atomic mass is 16.5. The number of unbranched alkanes of at least 4 members (excludes halogenated alkanes) is 7. The summed E-state index contributed by atoms with van der Waals surface area (Å²) in [5, 5.41) is 0. The minimum absolute atomic E-state index is 0.0423. The third kappa shape index (κ3) is 6.76. The summed E-state index contributed by atoms with van der Waals surface area (Å²) in [6.45, 7) is 5.39. The second-order valence-corrected chi connectivity index (χ2v) is 6.49. The van der Waals surface area contributed by atoms with Crippen molar-refractivity contribution in [3.63, 3.8) is 0 Å². The fraction of sp³-hybridized carbons (Fsp3) is 1.00. The maximum atomic E-state index is 6.34. The summed E-state index contributed by atoms with van der Waals surface area (Å²) in [4.78, 5) is 0. The molecule has 2 N–H and O–H groups in total. The Balaban J connectivity index is 1.99. The Labute approximate surface area is 120 Å². The maximum absolute atomic E-state index is 6.34. The molecule has 2 unspecified atom stereocenters. The topological polar surface area (TPSA) is 35.2 Å². The number of rotatable bonds is 10. The van der Waals surface area contributed by atoms with Crippen molar-refractivity contribution in [1.82, 2.24) is 0 Å². The zero-order valence-corrected chi connectivity index (χ0v) is 13.3.